The van der Waals surface area contributed by atoms with Crippen molar-refractivity contribution in [3.8, 4) is 0 Å². The van der Waals surface area contributed by atoms with Gasteiger partial charge in [0.25, 0.3) is 6.71 Å². The maximum Gasteiger partial charge on any atom is 0.252 e. The van der Waals surface area contributed by atoms with Crippen LogP contribution in [0.15, 0.2) is 109 Å². The lowest BCUT2D eigenvalue weighted by Gasteiger charge is -2.45. The second-order valence-corrected chi connectivity index (χ2v) is 17.4. The van der Waals surface area contributed by atoms with Crippen LogP contribution in [0.4, 0.5) is 51.2 Å². The number of hydrogen-bond acceptors (Lipinski definition) is 3. The summed E-state index contributed by atoms with van der Waals surface area (Å²) in [6.07, 6.45) is 0. The van der Waals surface area contributed by atoms with Gasteiger partial charge in [-0.15, -0.1) is 0 Å². The summed E-state index contributed by atoms with van der Waals surface area (Å²) >= 11 is 0. The van der Waals surface area contributed by atoms with E-state index in [4.69, 9.17) is 0 Å². The average molecular weight is 756 g/mol. The predicted octanol–water partition coefficient (Wildman–Crippen LogP) is 12.9. The maximum absolute atomic E-state index is 2.57. The number of hydrogen-bond donors (Lipinski definition) is 0. The Balaban J connectivity index is 1.46. The van der Waals surface area contributed by atoms with Crippen LogP contribution >= 0.6 is 0 Å². The molecule has 7 aromatic carbocycles. The molecule has 0 bridgehead atoms. The summed E-state index contributed by atoms with van der Waals surface area (Å²) in [5.74, 6) is 0. The Kier molecular flexibility index (Phi) is 8.96. The minimum atomic E-state index is 0.0462. The summed E-state index contributed by atoms with van der Waals surface area (Å²) in [7, 11) is 0. The monoisotopic (exact) mass is 755 g/mol. The molecule has 0 amide bonds. The first-order valence-corrected chi connectivity index (χ1v) is 20.8. The molecule has 0 aromatic heterocycles. The van der Waals surface area contributed by atoms with Gasteiger partial charge >= 0.3 is 0 Å². The van der Waals surface area contributed by atoms with E-state index in [2.05, 4.69) is 207 Å². The summed E-state index contributed by atoms with van der Waals surface area (Å²) in [6.45, 7) is 26.9. The highest BCUT2D eigenvalue weighted by Crippen LogP contribution is 2.49. The lowest BCUT2D eigenvalue weighted by atomic mass is 9.33. The minimum Gasteiger partial charge on any atom is -0.311 e. The number of benzene rings is 7. The summed E-state index contributed by atoms with van der Waals surface area (Å²) < 4.78 is 0. The van der Waals surface area contributed by atoms with Gasteiger partial charge in [-0.05, 0) is 239 Å². The molecule has 0 radical (unpaired) electrons. The highest BCUT2D eigenvalue weighted by atomic mass is 15.2. The van der Waals surface area contributed by atoms with Crippen molar-refractivity contribution in [3.63, 3.8) is 0 Å². The minimum absolute atomic E-state index is 0.0462. The topological polar surface area (TPSA) is 9.72 Å². The molecule has 0 saturated carbocycles. The molecule has 288 valence electrons. The molecule has 4 heteroatoms. The molecule has 0 fully saturated rings. The SMILES string of the molecule is Cc1ccc(N(c2ccc(C)c(C)c2)c2cc3c4c(c2)N(c2ccc(C)c(C)c2)c2cc(C)c(C)cc2B4c2cc(C)c(C)cc2N3c2ccc(C)c(C)c2)cc1C. The summed E-state index contributed by atoms with van der Waals surface area (Å²) in [6, 6.07) is 42.6. The fraction of sp³-hybridized carbons (Fsp3) is 0.222. The standard InChI is InChI=1S/C54H54BN3/c1-31-13-17-43(21-35(31)5)56(44-18-14-32(2)36(6)22-44)47-29-52-54-53(30-47)58(46-20-16-34(4)38(8)24-46)51-28-42(12)40(10)26-49(51)55(54)48-25-39(9)41(11)27-50(48)57(52)45-19-15-33(3)37(7)23-45/h13-30H,1-12H3. The predicted molar refractivity (Wildman–Crippen MR) is 252 cm³/mol. The second kappa shape index (κ2) is 13.8. The Hall–Kier alpha value is -6.00. The zero-order chi connectivity index (χ0) is 40.9. The maximum atomic E-state index is 2.57. The zero-order valence-electron chi connectivity index (χ0n) is 36.3. The number of fused-ring (bicyclic) bond motifs is 4. The van der Waals surface area contributed by atoms with Gasteiger partial charge in [-0.1, -0.05) is 36.4 Å². The Labute approximate surface area is 346 Å². The van der Waals surface area contributed by atoms with Gasteiger partial charge in [0.05, 0.1) is 5.69 Å². The van der Waals surface area contributed by atoms with Crippen LogP contribution < -0.4 is 31.1 Å². The van der Waals surface area contributed by atoms with Crippen LogP contribution in [-0.4, -0.2) is 6.71 Å². The molecule has 2 aliphatic rings. The second-order valence-electron chi connectivity index (χ2n) is 17.4. The van der Waals surface area contributed by atoms with E-state index in [-0.39, 0.29) is 6.71 Å². The molecule has 0 spiro atoms. The summed E-state index contributed by atoms with van der Waals surface area (Å²) in [5, 5.41) is 0. The number of aryl methyl sites for hydroxylation is 12. The lowest BCUT2D eigenvalue weighted by Crippen LogP contribution is -2.61. The average Bonchev–Trinajstić information content (AvgIpc) is 3.18. The molecule has 0 aliphatic carbocycles. The lowest BCUT2D eigenvalue weighted by molar-refractivity contribution is 1.19. The van der Waals surface area contributed by atoms with E-state index in [1.165, 1.54) is 117 Å². The molecular weight excluding hydrogens is 701 g/mol. The molecule has 0 atom stereocenters. The number of nitrogens with zero attached hydrogens (tertiary/aromatic N) is 3. The quantitative estimate of drug-likeness (QED) is 0.162. The van der Waals surface area contributed by atoms with Crippen LogP contribution in [0.2, 0.25) is 0 Å². The zero-order valence-corrected chi connectivity index (χ0v) is 36.3. The van der Waals surface area contributed by atoms with E-state index in [0.29, 0.717) is 0 Å². The highest BCUT2D eigenvalue weighted by Gasteiger charge is 2.44. The molecule has 58 heavy (non-hydrogen) atoms. The van der Waals surface area contributed by atoms with Crippen molar-refractivity contribution in [3.05, 3.63) is 176 Å². The first-order chi connectivity index (χ1) is 27.7. The fourth-order valence-electron chi connectivity index (χ4n) is 9.10. The van der Waals surface area contributed by atoms with Crippen LogP contribution in [0.5, 0.6) is 0 Å². The molecule has 2 heterocycles. The van der Waals surface area contributed by atoms with Crippen molar-refractivity contribution in [1.82, 2.24) is 0 Å². The van der Waals surface area contributed by atoms with Gasteiger partial charge < -0.3 is 14.7 Å². The van der Waals surface area contributed by atoms with Gasteiger partial charge in [0, 0.05) is 45.5 Å². The number of anilines is 9. The van der Waals surface area contributed by atoms with Gasteiger partial charge in [-0.2, -0.15) is 0 Å². The van der Waals surface area contributed by atoms with E-state index in [9.17, 15) is 0 Å². The molecule has 7 aromatic rings. The van der Waals surface area contributed by atoms with Crippen LogP contribution in [0, 0.1) is 83.1 Å². The Bertz CT molecular complexity index is 2660. The Morgan fingerprint density at radius 1 is 0.310 bits per heavy atom. The first kappa shape index (κ1) is 37.6. The van der Waals surface area contributed by atoms with E-state index < -0.39 is 0 Å². The first-order valence-electron chi connectivity index (χ1n) is 20.8. The van der Waals surface area contributed by atoms with Gasteiger partial charge in [-0.25, -0.2) is 0 Å². The molecule has 3 nitrogen and oxygen atoms in total. The van der Waals surface area contributed by atoms with Gasteiger partial charge in [0.2, 0.25) is 0 Å². The van der Waals surface area contributed by atoms with Gasteiger partial charge in [0.15, 0.2) is 0 Å². The molecule has 0 saturated heterocycles. The summed E-state index contributed by atoms with van der Waals surface area (Å²) in [5.41, 5.74) is 30.3. The molecule has 9 rings (SSSR count). The van der Waals surface area contributed by atoms with Crippen molar-refractivity contribution in [1.29, 1.82) is 0 Å². The van der Waals surface area contributed by atoms with Crippen molar-refractivity contribution < 1.29 is 0 Å². The smallest absolute Gasteiger partial charge is 0.252 e. The third-order valence-electron chi connectivity index (χ3n) is 13.5. The molecule has 0 unspecified atom stereocenters. The van der Waals surface area contributed by atoms with Crippen molar-refractivity contribution in [2.75, 3.05) is 14.7 Å². The van der Waals surface area contributed by atoms with Crippen LogP contribution in [0.1, 0.15) is 66.8 Å². The van der Waals surface area contributed by atoms with E-state index in [1.807, 2.05) is 0 Å². The normalized spacial score (nSPS) is 12.7. The van der Waals surface area contributed by atoms with Gasteiger partial charge in [0.1, 0.15) is 0 Å². The van der Waals surface area contributed by atoms with Crippen LogP contribution in [-0.2, 0) is 0 Å². The van der Waals surface area contributed by atoms with Crippen LogP contribution in [0.3, 0.4) is 0 Å². The van der Waals surface area contributed by atoms with Crippen LogP contribution in [0.25, 0.3) is 0 Å². The molecule has 0 N–H and O–H groups in total. The van der Waals surface area contributed by atoms with E-state index in [0.717, 1.165) is 17.1 Å². The van der Waals surface area contributed by atoms with Crippen molar-refractivity contribution in [2.24, 2.45) is 0 Å². The van der Waals surface area contributed by atoms with Crippen molar-refractivity contribution in [2.45, 2.75) is 83.1 Å². The van der Waals surface area contributed by atoms with E-state index >= 15 is 0 Å². The van der Waals surface area contributed by atoms with E-state index in [1.54, 1.807) is 0 Å². The highest BCUT2D eigenvalue weighted by molar-refractivity contribution is 7.00. The van der Waals surface area contributed by atoms with Crippen molar-refractivity contribution >= 4 is 74.3 Å². The molecule has 2 aliphatic heterocycles. The fourth-order valence-corrected chi connectivity index (χ4v) is 9.10. The Morgan fingerprint density at radius 2 is 0.655 bits per heavy atom. The Morgan fingerprint density at radius 3 is 1.03 bits per heavy atom. The third kappa shape index (κ3) is 5.96. The van der Waals surface area contributed by atoms with Gasteiger partial charge in [-0.3, -0.25) is 0 Å². The number of rotatable bonds is 5. The summed E-state index contributed by atoms with van der Waals surface area (Å²) in [4.78, 5) is 7.61. The largest absolute Gasteiger partial charge is 0.311 e. The third-order valence-corrected chi connectivity index (χ3v) is 13.5. The molecular formula is C54H54BN3.